The van der Waals surface area contributed by atoms with Gasteiger partial charge in [-0.15, -0.1) is 0 Å². The molecule has 1 amide bonds. The Balaban J connectivity index is 1.81. The molecule has 0 spiro atoms. The predicted molar refractivity (Wildman–Crippen MR) is 68.6 cm³/mol. The van der Waals surface area contributed by atoms with Crippen molar-refractivity contribution in [3.05, 3.63) is 24.2 Å². The number of fused-ring (bicyclic) bond motifs is 1. The first-order chi connectivity index (χ1) is 10.1. The molecule has 3 rings (SSSR count). The average molecular weight is 292 g/mol. The lowest BCUT2D eigenvalue weighted by atomic mass is 10.1. The van der Waals surface area contributed by atoms with Crippen LogP contribution in [0.5, 0.6) is 0 Å². The van der Waals surface area contributed by atoms with E-state index < -0.39 is 17.8 Å². The van der Waals surface area contributed by atoms with Crippen molar-refractivity contribution in [2.45, 2.75) is 12.1 Å². The molecule has 0 bridgehead atoms. The lowest BCUT2D eigenvalue weighted by Crippen LogP contribution is -2.52. The second-order valence-corrected chi connectivity index (χ2v) is 4.62. The first-order valence-electron chi connectivity index (χ1n) is 6.19. The van der Waals surface area contributed by atoms with Gasteiger partial charge in [0.1, 0.15) is 6.61 Å². The Labute approximate surface area is 118 Å². The number of carbonyl (C=O) groups is 2. The molecule has 1 saturated heterocycles. The second kappa shape index (κ2) is 5.02. The van der Waals surface area contributed by atoms with Gasteiger partial charge in [0.2, 0.25) is 5.72 Å². The first-order valence-corrected chi connectivity index (χ1v) is 6.19. The molecule has 110 valence electrons. The molecule has 0 aliphatic carbocycles. The molecule has 3 heterocycles. The fourth-order valence-electron chi connectivity index (χ4n) is 2.15. The minimum absolute atomic E-state index is 0.0230. The maximum atomic E-state index is 12.2. The highest BCUT2D eigenvalue weighted by atomic mass is 16.7. The van der Waals surface area contributed by atoms with E-state index in [1.807, 2.05) is 0 Å². The summed E-state index contributed by atoms with van der Waals surface area (Å²) in [6.07, 6.45) is 1.62. The summed E-state index contributed by atoms with van der Waals surface area (Å²) in [4.78, 5) is 33.8. The number of carbonyl (C=O) groups excluding carboxylic acids is 1. The number of nitrogens with one attached hydrogen (secondary N) is 2. The standard InChI is InChI=1S/C12H12N4O5/c17-10(7-3-8-9(13-4-7)15-6-14-8)16-12(21-11(18)19)1-2-20-5-12/h3-4,6H,1-2,5H2,(H,16,17)(H,18,19)(H,13,14,15)/t12-/m0/s1. The summed E-state index contributed by atoms with van der Waals surface area (Å²) < 4.78 is 9.90. The number of amides is 1. The maximum Gasteiger partial charge on any atom is 0.507 e. The summed E-state index contributed by atoms with van der Waals surface area (Å²) in [5.74, 6) is -0.495. The highest BCUT2D eigenvalue weighted by Crippen LogP contribution is 2.21. The topological polar surface area (TPSA) is 126 Å². The smallest absolute Gasteiger partial charge is 0.450 e. The summed E-state index contributed by atoms with van der Waals surface area (Å²) >= 11 is 0. The van der Waals surface area contributed by atoms with Gasteiger partial charge < -0.3 is 24.9 Å². The molecule has 9 heteroatoms. The van der Waals surface area contributed by atoms with Crippen LogP contribution in [-0.4, -0.2) is 51.1 Å². The van der Waals surface area contributed by atoms with Gasteiger partial charge in [0.05, 0.1) is 24.0 Å². The van der Waals surface area contributed by atoms with Crippen LogP contribution in [0.25, 0.3) is 11.2 Å². The van der Waals surface area contributed by atoms with Crippen LogP contribution in [0.4, 0.5) is 4.79 Å². The van der Waals surface area contributed by atoms with Gasteiger partial charge in [-0.1, -0.05) is 0 Å². The maximum absolute atomic E-state index is 12.2. The zero-order valence-corrected chi connectivity index (χ0v) is 10.8. The van der Waals surface area contributed by atoms with Gasteiger partial charge >= 0.3 is 6.16 Å². The van der Waals surface area contributed by atoms with Gasteiger partial charge in [-0.05, 0) is 6.07 Å². The molecule has 2 aromatic heterocycles. The van der Waals surface area contributed by atoms with Crippen molar-refractivity contribution in [1.82, 2.24) is 20.3 Å². The predicted octanol–water partition coefficient (Wildman–Crippen LogP) is 0.499. The molecule has 3 N–H and O–H groups in total. The first kappa shape index (κ1) is 13.3. The number of nitrogens with zero attached hydrogens (tertiary/aromatic N) is 2. The van der Waals surface area contributed by atoms with Crippen molar-refractivity contribution >= 4 is 23.2 Å². The Hall–Kier alpha value is -2.68. The normalized spacial score (nSPS) is 21.3. The molecule has 0 unspecified atom stereocenters. The summed E-state index contributed by atoms with van der Waals surface area (Å²) in [6.45, 7) is 0.288. The van der Waals surface area contributed by atoms with Crippen molar-refractivity contribution in [1.29, 1.82) is 0 Å². The number of pyridine rings is 1. The number of hydrogen-bond acceptors (Lipinski definition) is 6. The Kier molecular flexibility index (Phi) is 3.18. The number of carboxylic acid groups (broad SMARTS) is 1. The fourth-order valence-corrected chi connectivity index (χ4v) is 2.15. The molecule has 1 aliphatic rings. The molecule has 2 aromatic rings. The number of aromatic nitrogens is 3. The lowest BCUT2D eigenvalue weighted by Gasteiger charge is -2.26. The van der Waals surface area contributed by atoms with E-state index in [1.54, 1.807) is 6.07 Å². The lowest BCUT2D eigenvalue weighted by molar-refractivity contribution is -0.0400. The highest BCUT2D eigenvalue weighted by molar-refractivity contribution is 5.96. The number of aromatic amines is 1. The van der Waals surface area contributed by atoms with Gasteiger partial charge in [0.15, 0.2) is 5.65 Å². The summed E-state index contributed by atoms with van der Waals surface area (Å²) in [6, 6.07) is 1.58. The van der Waals surface area contributed by atoms with E-state index in [4.69, 9.17) is 14.6 Å². The summed E-state index contributed by atoms with van der Waals surface area (Å²) in [5.41, 5.74) is 0.0177. The van der Waals surface area contributed by atoms with Crippen LogP contribution in [0.15, 0.2) is 18.6 Å². The van der Waals surface area contributed by atoms with Crippen LogP contribution >= 0.6 is 0 Å². The molecule has 9 nitrogen and oxygen atoms in total. The van der Waals surface area contributed by atoms with E-state index in [-0.39, 0.29) is 18.6 Å². The number of imidazole rings is 1. The second-order valence-electron chi connectivity index (χ2n) is 4.62. The number of H-pyrrole nitrogens is 1. The van der Waals surface area contributed by atoms with Crippen LogP contribution in [-0.2, 0) is 9.47 Å². The van der Waals surface area contributed by atoms with E-state index in [2.05, 4.69) is 20.3 Å². The monoisotopic (exact) mass is 292 g/mol. The van der Waals surface area contributed by atoms with Gasteiger partial charge in [-0.2, -0.15) is 0 Å². The number of hydrogen-bond donors (Lipinski definition) is 3. The summed E-state index contributed by atoms with van der Waals surface area (Å²) in [5, 5.41) is 11.3. The van der Waals surface area contributed by atoms with E-state index in [0.717, 1.165) is 0 Å². The Bertz CT molecular complexity index is 692. The Morgan fingerprint density at radius 3 is 3.05 bits per heavy atom. The molecule has 1 atom stereocenters. The van der Waals surface area contributed by atoms with Gasteiger partial charge in [0, 0.05) is 12.6 Å². The van der Waals surface area contributed by atoms with Gasteiger partial charge in [-0.3, -0.25) is 4.79 Å². The molecule has 0 aromatic carbocycles. The molecular weight excluding hydrogens is 280 g/mol. The minimum atomic E-state index is -1.47. The third kappa shape index (κ3) is 2.63. The van der Waals surface area contributed by atoms with Crippen LogP contribution < -0.4 is 5.32 Å². The van der Waals surface area contributed by atoms with E-state index in [0.29, 0.717) is 17.8 Å². The minimum Gasteiger partial charge on any atom is -0.450 e. The zero-order chi connectivity index (χ0) is 14.9. The highest BCUT2D eigenvalue weighted by Gasteiger charge is 2.41. The van der Waals surface area contributed by atoms with Crippen molar-refractivity contribution in [3.8, 4) is 0 Å². The van der Waals surface area contributed by atoms with E-state index in [1.165, 1.54) is 12.5 Å². The van der Waals surface area contributed by atoms with E-state index >= 15 is 0 Å². The third-order valence-electron chi connectivity index (χ3n) is 3.15. The number of rotatable bonds is 3. The number of ether oxygens (including phenoxy) is 2. The average Bonchev–Trinajstić information content (AvgIpc) is 3.06. The summed E-state index contributed by atoms with van der Waals surface area (Å²) in [7, 11) is 0. The third-order valence-corrected chi connectivity index (χ3v) is 3.15. The molecule has 1 fully saturated rings. The van der Waals surface area contributed by atoms with Gasteiger partial charge in [0.25, 0.3) is 5.91 Å². The largest absolute Gasteiger partial charge is 0.507 e. The molecular formula is C12H12N4O5. The van der Waals surface area contributed by atoms with Gasteiger partial charge in [-0.25, -0.2) is 14.8 Å². The van der Waals surface area contributed by atoms with Crippen LogP contribution in [0.3, 0.4) is 0 Å². The molecule has 0 saturated carbocycles. The van der Waals surface area contributed by atoms with Crippen LogP contribution in [0.1, 0.15) is 16.8 Å². The fraction of sp³-hybridized carbons (Fsp3) is 0.333. The van der Waals surface area contributed by atoms with E-state index in [9.17, 15) is 9.59 Å². The zero-order valence-electron chi connectivity index (χ0n) is 10.8. The Morgan fingerprint density at radius 1 is 1.48 bits per heavy atom. The molecule has 21 heavy (non-hydrogen) atoms. The molecule has 0 radical (unpaired) electrons. The van der Waals surface area contributed by atoms with Crippen molar-refractivity contribution in [3.63, 3.8) is 0 Å². The molecule has 1 aliphatic heterocycles. The quantitative estimate of drug-likeness (QED) is 0.555. The SMILES string of the molecule is O=C(O)O[C@@]1(NC(=O)c2cnc3nc[nH]c3c2)CCOC1. The van der Waals surface area contributed by atoms with Crippen molar-refractivity contribution < 1.29 is 24.2 Å². The Morgan fingerprint density at radius 2 is 2.33 bits per heavy atom. The van der Waals surface area contributed by atoms with Crippen LogP contribution in [0, 0.1) is 0 Å². The van der Waals surface area contributed by atoms with Crippen LogP contribution in [0.2, 0.25) is 0 Å². The van der Waals surface area contributed by atoms with Crippen molar-refractivity contribution in [2.24, 2.45) is 0 Å². The van der Waals surface area contributed by atoms with Crippen molar-refractivity contribution in [2.75, 3.05) is 13.2 Å².